The number of nitrogens with zero attached hydrogens (tertiary/aromatic N) is 3. The maximum atomic E-state index is 12.6. The third kappa shape index (κ3) is 9.43. The number of nitrogens with two attached hydrogens (primary N) is 4. The number of hydrogen-bond donors (Lipinski definition) is 7. The van der Waals surface area contributed by atoms with E-state index in [0.717, 1.165) is 11.1 Å². The molecule has 0 bridgehead atoms. The molecule has 2 atom stereocenters. The molecule has 1 aromatic heterocycles. The van der Waals surface area contributed by atoms with Crippen LogP contribution in [0.25, 0.3) is 0 Å². The van der Waals surface area contributed by atoms with Crippen molar-refractivity contribution in [3.63, 3.8) is 0 Å². The smallest absolute Gasteiger partial charge is 0.251 e. The maximum absolute atomic E-state index is 12.6. The van der Waals surface area contributed by atoms with Gasteiger partial charge in [-0.15, -0.1) is 5.10 Å². The molecular formula is C26H36N10O4. The van der Waals surface area contributed by atoms with Crippen LogP contribution in [-0.4, -0.2) is 51.3 Å². The van der Waals surface area contributed by atoms with Crippen LogP contribution in [0.3, 0.4) is 0 Å². The Labute approximate surface area is 231 Å². The number of aromatic nitrogens is 3. The predicted octanol–water partition coefficient (Wildman–Crippen LogP) is -1.02. The van der Waals surface area contributed by atoms with E-state index in [1.165, 1.54) is 0 Å². The molecule has 214 valence electrons. The molecule has 2 aromatic carbocycles. The first-order valence-corrected chi connectivity index (χ1v) is 12.8. The van der Waals surface area contributed by atoms with Crippen molar-refractivity contribution in [3.05, 3.63) is 77.1 Å². The van der Waals surface area contributed by atoms with E-state index in [4.69, 9.17) is 27.9 Å². The molecule has 0 unspecified atom stereocenters. The van der Waals surface area contributed by atoms with Crippen LogP contribution < -0.4 is 44.1 Å². The summed E-state index contributed by atoms with van der Waals surface area (Å²) >= 11 is 0. The Kier molecular flexibility index (Phi) is 11.5. The summed E-state index contributed by atoms with van der Waals surface area (Å²) in [6.07, 6.45) is 4.02. The van der Waals surface area contributed by atoms with Gasteiger partial charge < -0.3 is 21.5 Å². The van der Waals surface area contributed by atoms with Crippen LogP contribution in [0, 0.1) is 0 Å². The van der Waals surface area contributed by atoms with E-state index in [-0.39, 0.29) is 12.5 Å². The zero-order valence-corrected chi connectivity index (χ0v) is 22.1. The zero-order chi connectivity index (χ0) is 28.9. The average molecular weight is 553 g/mol. The number of carbonyl (C=O) groups is 3. The summed E-state index contributed by atoms with van der Waals surface area (Å²) in [4.78, 5) is 35.1. The molecule has 0 saturated heterocycles. The van der Waals surface area contributed by atoms with E-state index in [0.29, 0.717) is 55.8 Å². The van der Waals surface area contributed by atoms with E-state index >= 15 is 0 Å². The van der Waals surface area contributed by atoms with Gasteiger partial charge in [0.2, 0.25) is 11.8 Å². The number of rotatable bonds is 17. The Morgan fingerprint density at radius 1 is 0.925 bits per heavy atom. The molecule has 3 amide bonds. The Balaban J connectivity index is 1.45. The summed E-state index contributed by atoms with van der Waals surface area (Å²) in [5.41, 5.74) is 18.3. The normalized spacial score (nSPS) is 12.4. The van der Waals surface area contributed by atoms with Gasteiger partial charge in [-0.1, -0.05) is 29.5 Å². The number of amides is 3. The van der Waals surface area contributed by atoms with E-state index < -0.39 is 23.9 Å². The molecule has 0 aliphatic heterocycles. The molecule has 0 saturated carbocycles. The molecule has 0 aliphatic rings. The molecule has 0 aliphatic carbocycles. The maximum Gasteiger partial charge on any atom is 0.251 e. The summed E-state index contributed by atoms with van der Waals surface area (Å²) < 4.78 is 7.46. The van der Waals surface area contributed by atoms with Gasteiger partial charge in [0, 0.05) is 12.1 Å². The lowest BCUT2D eigenvalue weighted by Crippen LogP contribution is -2.46. The monoisotopic (exact) mass is 552 g/mol. The lowest BCUT2D eigenvalue weighted by molar-refractivity contribution is -0.120. The molecule has 0 radical (unpaired) electrons. The van der Waals surface area contributed by atoms with E-state index in [1.807, 2.05) is 24.3 Å². The quantitative estimate of drug-likeness (QED) is 0.0612. The van der Waals surface area contributed by atoms with Gasteiger partial charge in [0.25, 0.3) is 5.91 Å². The summed E-state index contributed by atoms with van der Waals surface area (Å²) in [5, 5.41) is 11.2. The molecule has 1 heterocycles. The molecule has 0 spiro atoms. The lowest BCUT2D eigenvalue weighted by atomic mass is 10.1. The number of unbranched alkanes of at least 4 members (excludes halogenated alkanes) is 1. The summed E-state index contributed by atoms with van der Waals surface area (Å²) in [7, 11) is 0. The van der Waals surface area contributed by atoms with E-state index in [2.05, 4.69) is 26.5 Å². The van der Waals surface area contributed by atoms with Crippen LogP contribution in [0.1, 0.15) is 46.4 Å². The number of carbonyl (C=O) groups excluding carboxylic acids is 3. The van der Waals surface area contributed by atoms with Gasteiger partial charge in [-0.3, -0.25) is 26.1 Å². The number of nitrogens with one attached hydrogen (secondary N) is 3. The number of ether oxygens (including phenoxy) is 1. The first kappa shape index (κ1) is 30.2. The predicted molar refractivity (Wildman–Crippen MR) is 147 cm³/mol. The van der Waals surface area contributed by atoms with E-state index in [9.17, 15) is 14.4 Å². The number of primary amides is 2. The standard InChI is InChI=1S/C26H36N10O4/c27-24(37)22(32-29)6-1-2-11-31-26(39)19-5-3-4-18(12-19)14-36-15-20(34-35-36)16-40-21-9-7-17(8-10-21)13-23(33-30)25(28)38/h3-5,7-10,12,15,22-23,32-33H,1-2,6,11,13-14,16,29-30H2,(H2,27,37)(H2,28,38)(H,31,39)/t22-,23-/m0/s1. The Morgan fingerprint density at radius 2 is 1.65 bits per heavy atom. The molecule has 14 nitrogen and oxygen atoms in total. The second-order valence-corrected chi connectivity index (χ2v) is 9.24. The topological polar surface area (TPSA) is 231 Å². The van der Waals surface area contributed by atoms with Gasteiger partial charge in [0.15, 0.2) is 0 Å². The first-order valence-electron chi connectivity index (χ1n) is 12.8. The molecule has 3 rings (SSSR count). The minimum absolute atomic E-state index is 0.187. The number of hydrogen-bond acceptors (Lipinski definition) is 10. The van der Waals surface area contributed by atoms with Crippen LogP contribution >= 0.6 is 0 Å². The number of hydrazine groups is 2. The highest BCUT2D eigenvalue weighted by atomic mass is 16.5. The second kappa shape index (κ2) is 15.3. The van der Waals surface area contributed by atoms with Crippen molar-refractivity contribution in [2.75, 3.05) is 6.54 Å². The van der Waals surface area contributed by atoms with Crippen LogP contribution in [-0.2, 0) is 29.2 Å². The van der Waals surface area contributed by atoms with Crippen LogP contribution in [0.5, 0.6) is 5.75 Å². The zero-order valence-electron chi connectivity index (χ0n) is 22.1. The van der Waals surface area contributed by atoms with Gasteiger partial charge >= 0.3 is 0 Å². The Bertz CT molecular complexity index is 1260. The number of benzene rings is 2. The van der Waals surface area contributed by atoms with Gasteiger partial charge in [-0.2, -0.15) is 0 Å². The molecule has 40 heavy (non-hydrogen) atoms. The third-order valence-corrected chi connectivity index (χ3v) is 6.16. The van der Waals surface area contributed by atoms with Crippen molar-refractivity contribution < 1.29 is 19.1 Å². The average Bonchev–Trinajstić information content (AvgIpc) is 3.39. The second-order valence-electron chi connectivity index (χ2n) is 9.24. The van der Waals surface area contributed by atoms with Gasteiger partial charge in [-0.25, -0.2) is 15.5 Å². The Morgan fingerprint density at radius 3 is 2.33 bits per heavy atom. The van der Waals surface area contributed by atoms with Crippen molar-refractivity contribution in [1.29, 1.82) is 0 Å². The highest BCUT2D eigenvalue weighted by molar-refractivity contribution is 5.94. The first-order chi connectivity index (χ1) is 19.3. The van der Waals surface area contributed by atoms with Crippen molar-refractivity contribution in [3.8, 4) is 5.75 Å². The van der Waals surface area contributed by atoms with Crippen LogP contribution in [0.2, 0.25) is 0 Å². The molecule has 0 fully saturated rings. The molecule has 14 heteroatoms. The fraction of sp³-hybridized carbons (Fsp3) is 0.346. The van der Waals surface area contributed by atoms with Crippen LogP contribution in [0.4, 0.5) is 0 Å². The fourth-order valence-corrected chi connectivity index (χ4v) is 3.92. The van der Waals surface area contributed by atoms with Gasteiger partial charge in [0.05, 0.1) is 18.8 Å². The fourth-order valence-electron chi connectivity index (χ4n) is 3.92. The van der Waals surface area contributed by atoms with Crippen molar-refractivity contribution in [1.82, 2.24) is 31.2 Å². The van der Waals surface area contributed by atoms with Gasteiger partial charge in [-0.05, 0) is 61.1 Å². The molecule has 3 aromatic rings. The SMILES string of the molecule is NN[C@@H](CCCCNC(=O)c1cccc(Cn2cc(COc3ccc(C[C@H](NN)C(N)=O)cc3)nn2)c1)C(N)=O. The molecule has 11 N–H and O–H groups in total. The summed E-state index contributed by atoms with van der Waals surface area (Å²) in [5.74, 6) is 10.1. The highest BCUT2D eigenvalue weighted by Gasteiger charge is 2.14. The Hall–Kier alpha value is -4.37. The van der Waals surface area contributed by atoms with E-state index in [1.54, 1.807) is 35.1 Å². The minimum Gasteiger partial charge on any atom is -0.487 e. The lowest BCUT2D eigenvalue weighted by Gasteiger charge is -2.12. The van der Waals surface area contributed by atoms with Crippen LogP contribution in [0.15, 0.2) is 54.7 Å². The van der Waals surface area contributed by atoms with Gasteiger partial charge in [0.1, 0.15) is 24.1 Å². The third-order valence-electron chi connectivity index (χ3n) is 6.16. The van der Waals surface area contributed by atoms with Crippen molar-refractivity contribution in [2.24, 2.45) is 23.2 Å². The highest BCUT2D eigenvalue weighted by Crippen LogP contribution is 2.15. The largest absolute Gasteiger partial charge is 0.487 e. The van der Waals surface area contributed by atoms with Crippen molar-refractivity contribution >= 4 is 17.7 Å². The molecular weight excluding hydrogens is 516 g/mol. The summed E-state index contributed by atoms with van der Waals surface area (Å²) in [6.45, 7) is 1.12. The van der Waals surface area contributed by atoms with Crippen molar-refractivity contribution in [2.45, 2.75) is 50.9 Å². The summed E-state index contributed by atoms with van der Waals surface area (Å²) in [6, 6.07) is 13.3. The minimum atomic E-state index is -0.648.